The summed E-state index contributed by atoms with van der Waals surface area (Å²) in [4.78, 5) is 1.92. The summed E-state index contributed by atoms with van der Waals surface area (Å²) in [6, 6.07) is 49.8. The van der Waals surface area contributed by atoms with Gasteiger partial charge >= 0.3 is 0 Å². The summed E-state index contributed by atoms with van der Waals surface area (Å²) in [7, 11) is 0. The number of furan rings is 1. The molecule has 0 aliphatic carbocycles. The number of benzene rings is 9. The highest BCUT2D eigenvalue weighted by atomic mass is 16.3. The van der Waals surface area contributed by atoms with Crippen LogP contribution in [0.2, 0.25) is 0 Å². The molecular formula is C46H29NO. The van der Waals surface area contributed by atoms with E-state index in [1.54, 1.807) is 0 Å². The Balaban J connectivity index is 1.34. The van der Waals surface area contributed by atoms with Crippen LogP contribution >= 0.6 is 0 Å². The number of rotatable bonds is 4. The Labute approximate surface area is 283 Å². The van der Waals surface area contributed by atoms with Crippen molar-refractivity contribution < 1.29 is 9.90 Å². The second-order valence-corrected chi connectivity index (χ2v) is 12.2. The minimum absolute atomic E-state index is 0.101. The lowest BCUT2D eigenvalue weighted by Crippen LogP contribution is -2.11. The second kappa shape index (κ2) is 10.6. The average molecular weight is 616 g/mol. The van der Waals surface area contributed by atoms with Crippen molar-refractivity contribution in [2.45, 2.75) is 0 Å². The zero-order valence-electron chi connectivity index (χ0n) is 29.8. The molecule has 1 aromatic heterocycles. The molecule has 0 amide bonds. The van der Waals surface area contributed by atoms with Gasteiger partial charge in [0.15, 0.2) is 0 Å². The third-order valence-corrected chi connectivity index (χ3v) is 9.48. The molecule has 0 unspecified atom stereocenters. The van der Waals surface area contributed by atoms with Crippen LogP contribution in [-0.2, 0) is 0 Å². The summed E-state index contributed by atoms with van der Waals surface area (Å²) in [5.41, 5.74) is 3.96. The van der Waals surface area contributed by atoms with Crippen LogP contribution in [0, 0.1) is 0 Å². The first-order valence-corrected chi connectivity index (χ1v) is 16.1. The minimum Gasteiger partial charge on any atom is -0.456 e. The molecule has 0 aliphatic rings. The van der Waals surface area contributed by atoms with Gasteiger partial charge in [-0.05, 0) is 91.2 Å². The quantitative estimate of drug-likeness (QED) is 0.183. The molecule has 0 spiro atoms. The zero-order valence-corrected chi connectivity index (χ0v) is 25.8. The summed E-state index contributed by atoms with van der Waals surface area (Å²) in [6.07, 6.45) is 0. The summed E-state index contributed by atoms with van der Waals surface area (Å²) in [6.45, 7) is 0. The molecule has 0 fully saturated rings. The van der Waals surface area contributed by atoms with Crippen LogP contribution in [0.4, 0.5) is 17.1 Å². The van der Waals surface area contributed by atoms with Crippen LogP contribution < -0.4 is 4.90 Å². The lowest BCUT2D eigenvalue weighted by molar-refractivity contribution is 0.669. The molecule has 224 valence electrons. The molecule has 10 aromatic rings. The molecule has 2 heteroatoms. The minimum atomic E-state index is -0.129. The molecule has 10 rings (SSSR count). The zero-order chi connectivity index (χ0) is 35.1. The molecule has 0 radical (unpaired) electrons. The smallest absolute Gasteiger partial charge is 0.137 e. The third kappa shape index (κ3) is 4.06. The molecule has 0 atom stereocenters. The van der Waals surface area contributed by atoms with E-state index in [0.717, 1.165) is 65.1 Å². The Hall–Kier alpha value is -6.38. The van der Waals surface area contributed by atoms with Crippen molar-refractivity contribution in [2.24, 2.45) is 0 Å². The number of anilines is 3. The van der Waals surface area contributed by atoms with Crippen molar-refractivity contribution in [3.05, 3.63) is 176 Å². The fourth-order valence-corrected chi connectivity index (χ4v) is 7.35. The van der Waals surface area contributed by atoms with Crippen LogP contribution in [0.1, 0.15) is 5.48 Å². The fraction of sp³-hybridized carbons (Fsp3) is 0. The Morgan fingerprint density at radius 1 is 0.417 bits per heavy atom. The lowest BCUT2D eigenvalue weighted by Gasteiger charge is -2.28. The number of hydrogen-bond donors (Lipinski definition) is 0. The second-order valence-electron chi connectivity index (χ2n) is 12.2. The molecule has 0 saturated carbocycles. The van der Waals surface area contributed by atoms with E-state index >= 15 is 0 Å². The Kier molecular flexibility index (Phi) is 5.08. The van der Waals surface area contributed by atoms with Crippen LogP contribution in [-0.4, -0.2) is 0 Å². The highest BCUT2D eigenvalue weighted by Crippen LogP contribution is 2.47. The van der Waals surface area contributed by atoms with E-state index in [4.69, 9.17) is 4.42 Å². The molecule has 0 bridgehead atoms. The van der Waals surface area contributed by atoms with Crippen LogP contribution in [0.25, 0.3) is 76.2 Å². The SMILES string of the molecule is [2H]c1c([2H])c(N(c2cc3ccccc3c3ccccc23)c2cccc3oc4ccccc4c23)c([2H])c([2H])c1-c1cc2ccccc2c2ccccc12. The molecule has 0 aliphatic heterocycles. The number of para-hydroxylation sites is 1. The first-order valence-electron chi connectivity index (χ1n) is 18.1. The summed E-state index contributed by atoms with van der Waals surface area (Å²) in [5.74, 6) is 0. The first-order chi connectivity index (χ1) is 25.5. The van der Waals surface area contributed by atoms with Crippen molar-refractivity contribution >= 4 is 82.1 Å². The highest BCUT2D eigenvalue weighted by Gasteiger charge is 2.22. The van der Waals surface area contributed by atoms with Gasteiger partial charge in [-0.3, -0.25) is 0 Å². The Morgan fingerprint density at radius 2 is 0.958 bits per heavy atom. The maximum Gasteiger partial charge on any atom is 0.137 e. The van der Waals surface area contributed by atoms with Crippen LogP contribution in [0.15, 0.2) is 180 Å². The van der Waals surface area contributed by atoms with E-state index in [9.17, 15) is 5.48 Å². The van der Waals surface area contributed by atoms with Crippen molar-refractivity contribution in [1.29, 1.82) is 0 Å². The predicted octanol–water partition coefficient (Wildman–Crippen LogP) is 13.3. The average Bonchev–Trinajstić information content (AvgIpc) is 3.58. The Morgan fingerprint density at radius 3 is 1.69 bits per heavy atom. The van der Waals surface area contributed by atoms with E-state index in [1.165, 1.54) is 0 Å². The van der Waals surface area contributed by atoms with Crippen LogP contribution in [0.3, 0.4) is 0 Å². The molecule has 2 nitrogen and oxygen atoms in total. The molecule has 9 aromatic carbocycles. The van der Waals surface area contributed by atoms with Gasteiger partial charge in [-0.1, -0.05) is 133 Å². The van der Waals surface area contributed by atoms with E-state index in [0.29, 0.717) is 16.8 Å². The topological polar surface area (TPSA) is 16.4 Å². The van der Waals surface area contributed by atoms with Gasteiger partial charge in [-0.15, -0.1) is 0 Å². The summed E-state index contributed by atoms with van der Waals surface area (Å²) >= 11 is 0. The number of fused-ring (bicyclic) bond motifs is 9. The third-order valence-electron chi connectivity index (χ3n) is 9.48. The van der Waals surface area contributed by atoms with Gasteiger partial charge in [-0.2, -0.15) is 0 Å². The monoisotopic (exact) mass is 615 g/mol. The normalized spacial score (nSPS) is 12.9. The van der Waals surface area contributed by atoms with Crippen molar-refractivity contribution in [3.63, 3.8) is 0 Å². The largest absolute Gasteiger partial charge is 0.456 e. The fourth-order valence-electron chi connectivity index (χ4n) is 7.35. The van der Waals surface area contributed by atoms with Crippen molar-refractivity contribution in [3.8, 4) is 11.1 Å². The molecule has 0 saturated heterocycles. The van der Waals surface area contributed by atoms with E-state index in [2.05, 4.69) is 42.5 Å². The molecule has 0 N–H and O–H groups in total. The highest BCUT2D eigenvalue weighted by molar-refractivity contribution is 6.18. The van der Waals surface area contributed by atoms with Crippen molar-refractivity contribution in [1.82, 2.24) is 0 Å². The molecule has 48 heavy (non-hydrogen) atoms. The predicted molar refractivity (Wildman–Crippen MR) is 204 cm³/mol. The Bertz CT molecular complexity index is 3060. The lowest BCUT2D eigenvalue weighted by atomic mass is 9.93. The van der Waals surface area contributed by atoms with Gasteiger partial charge in [0.2, 0.25) is 0 Å². The van der Waals surface area contributed by atoms with Crippen LogP contribution in [0.5, 0.6) is 0 Å². The summed E-state index contributed by atoms with van der Waals surface area (Å²) < 4.78 is 45.2. The van der Waals surface area contributed by atoms with Gasteiger partial charge < -0.3 is 9.32 Å². The standard InChI is InChI=1S/C46H29NO/c1-3-14-34-31(12-1)28-41(38-18-6-5-16-36(34)38)30-24-26-33(27-25-30)47(42-21-11-23-45-46(42)40-20-9-10-22-44(40)48-45)43-29-32-13-2-4-15-35(32)37-17-7-8-19-39(37)43/h1-29H/i24D,25D,26D,27D. The van der Waals surface area contributed by atoms with Crippen molar-refractivity contribution in [2.75, 3.05) is 4.90 Å². The number of hydrogen-bond acceptors (Lipinski definition) is 2. The van der Waals surface area contributed by atoms with Gasteiger partial charge in [-0.25, -0.2) is 0 Å². The van der Waals surface area contributed by atoms with Gasteiger partial charge in [0.1, 0.15) is 11.2 Å². The van der Waals surface area contributed by atoms with E-state index < -0.39 is 0 Å². The maximum atomic E-state index is 9.77. The van der Waals surface area contributed by atoms with E-state index in [1.807, 2.05) is 114 Å². The first kappa shape index (κ1) is 23.0. The molecule has 1 heterocycles. The maximum absolute atomic E-state index is 9.77. The van der Waals surface area contributed by atoms with E-state index in [-0.39, 0.29) is 35.4 Å². The van der Waals surface area contributed by atoms with Gasteiger partial charge in [0, 0.05) is 16.5 Å². The number of nitrogens with zero attached hydrogens (tertiary/aromatic N) is 1. The molecular weight excluding hydrogens is 583 g/mol. The summed E-state index contributed by atoms with van der Waals surface area (Å²) in [5, 5.41) is 9.69. The van der Waals surface area contributed by atoms with Gasteiger partial charge in [0.25, 0.3) is 0 Å². The van der Waals surface area contributed by atoms with Gasteiger partial charge in [0.05, 0.1) is 22.2 Å².